The number of hydrogen-bond donors (Lipinski definition) is 1. The summed E-state index contributed by atoms with van der Waals surface area (Å²) in [5, 5.41) is 2.96. The van der Waals surface area contributed by atoms with E-state index >= 15 is 0 Å². The maximum atomic E-state index is 12.5. The minimum absolute atomic E-state index is 0.00757. The van der Waals surface area contributed by atoms with Gasteiger partial charge in [0.1, 0.15) is 0 Å². The van der Waals surface area contributed by atoms with E-state index in [-0.39, 0.29) is 17.9 Å². The maximum Gasteiger partial charge on any atom is 0.254 e. The Balaban J connectivity index is 1.66. The molecule has 0 bridgehead atoms. The fourth-order valence-corrected chi connectivity index (χ4v) is 3.31. The predicted molar refractivity (Wildman–Crippen MR) is 92.1 cm³/mol. The lowest BCUT2D eigenvalue weighted by Crippen LogP contribution is -2.44. The van der Waals surface area contributed by atoms with Gasteiger partial charge in [0.2, 0.25) is 5.91 Å². The number of nitrogens with one attached hydrogen (secondary N) is 1. The van der Waals surface area contributed by atoms with Gasteiger partial charge in [-0.25, -0.2) is 0 Å². The standard InChI is InChI=1S/C18H25N3O3/c1-20-8-3-2-7-16(20)17(22)19-15-6-4-5-14(13-15)18(23)21-9-11-24-12-10-21/h4-6,13,16H,2-3,7-12H2,1H3,(H,19,22). The molecule has 0 saturated carbocycles. The summed E-state index contributed by atoms with van der Waals surface area (Å²) in [7, 11) is 1.99. The molecule has 2 heterocycles. The largest absolute Gasteiger partial charge is 0.378 e. The molecule has 0 aliphatic carbocycles. The number of ether oxygens (including phenoxy) is 1. The molecule has 6 heteroatoms. The van der Waals surface area contributed by atoms with Gasteiger partial charge in [0.15, 0.2) is 0 Å². The zero-order chi connectivity index (χ0) is 16.9. The number of likely N-dealkylation sites (N-methyl/N-ethyl adjacent to an activating group) is 1. The summed E-state index contributed by atoms with van der Waals surface area (Å²) in [6, 6.07) is 7.11. The first-order valence-corrected chi connectivity index (χ1v) is 8.63. The Kier molecular flexibility index (Phi) is 5.48. The van der Waals surface area contributed by atoms with E-state index < -0.39 is 0 Å². The van der Waals surface area contributed by atoms with Gasteiger partial charge in [-0.1, -0.05) is 12.5 Å². The number of carbonyl (C=O) groups excluding carboxylic acids is 2. The molecule has 6 nitrogen and oxygen atoms in total. The Labute approximate surface area is 142 Å². The topological polar surface area (TPSA) is 61.9 Å². The number of anilines is 1. The van der Waals surface area contributed by atoms with Gasteiger partial charge in [0, 0.05) is 24.3 Å². The van der Waals surface area contributed by atoms with Crippen LogP contribution in [0.15, 0.2) is 24.3 Å². The van der Waals surface area contributed by atoms with Crippen LogP contribution in [0.3, 0.4) is 0 Å². The fraction of sp³-hybridized carbons (Fsp3) is 0.556. The molecule has 0 spiro atoms. The van der Waals surface area contributed by atoms with Crippen molar-refractivity contribution in [3.8, 4) is 0 Å². The van der Waals surface area contributed by atoms with Crippen LogP contribution in [0.1, 0.15) is 29.6 Å². The third-order valence-electron chi connectivity index (χ3n) is 4.75. The molecule has 2 fully saturated rings. The summed E-state index contributed by atoms with van der Waals surface area (Å²) < 4.78 is 5.28. The molecule has 1 unspecified atom stereocenters. The second-order valence-corrected chi connectivity index (χ2v) is 6.47. The highest BCUT2D eigenvalue weighted by molar-refractivity contribution is 5.98. The average molecular weight is 331 g/mol. The van der Waals surface area contributed by atoms with E-state index in [2.05, 4.69) is 10.2 Å². The molecule has 0 radical (unpaired) electrons. The molecule has 2 aliphatic rings. The molecule has 1 aromatic carbocycles. The second kappa shape index (κ2) is 7.77. The van der Waals surface area contributed by atoms with Crippen molar-refractivity contribution in [3.63, 3.8) is 0 Å². The van der Waals surface area contributed by atoms with E-state index in [0.717, 1.165) is 25.8 Å². The fourth-order valence-electron chi connectivity index (χ4n) is 3.31. The third kappa shape index (κ3) is 3.94. The van der Waals surface area contributed by atoms with E-state index in [1.807, 2.05) is 19.2 Å². The van der Waals surface area contributed by atoms with Gasteiger partial charge in [-0.3, -0.25) is 14.5 Å². The lowest BCUT2D eigenvalue weighted by atomic mass is 10.0. The van der Waals surface area contributed by atoms with Gasteiger partial charge in [-0.15, -0.1) is 0 Å². The Morgan fingerprint density at radius 2 is 1.96 bits per heavy atom. The molecule has 2 aliphatic heterocycles. The van der Waals surface area contributed by atoms with Crippen molar-refractivity contribution < 1.29 is 14.3 Å². The van der Waals surface area contributed by atoms with Gasteiger partial charge >= 0.3 is 0 Å². The van der Waals surface area contributed by atoms with Crippen LogP contribution in [0.25, 0.3) is 0 Å². The molecular weight excluding hydrogens is 306 g/mol. The van der Waals surface area contributed by atoms with Crippen LogP contribution >= 0.6 is 0 Å². The molecule has 3 rings (SSSR count). The van der Waals surface area contributed by atoms with Crippen molar-refractivity contribution in [2.45, 2.75) is 25.3 Å². The number of hydrogen-bond acceptors (Lipinski definition) is 4. The molecule has 24 heavy (non-hydrogen) atoms. The number of nitrogens with zero attached hydrogens (tertiary/aromatic N) is 2. The van der Waals surface area contributed by atoms with Crippen LogP contribution in [0.5, 0.6) is 0 Å². The van der Waals surface area contributed by atoms with Gasteiger partial charge in [0.25, 0.3) is 5.91 Å². The first kappa shape index (κ1) is 16.9. The van der Waals surface area contributed by atoms with Crippen LogP contribution in [0.2, 0.25) is 0 Å². The Bertz CT molecular complexity index is 599. The Morgan fingerprint density at radius 3 is 2.71 bits per heavy atom. The number of amides is 2. The van der Waals surface area contributed by atoms with Crippen LogP contribution in [0, 0.1) is 0 Å². The number of rotatable bonds is 3. The first-order valence-electron chi connectivity index (χ1n) is 8.63. The highest BCUT2D eigenvalue weighted by Crippen LogP contribution is 2.18. The minimum atomic E-state index is -0.0858. The number of carbonyl (C=O) groups is 2. The van der Waals surface area contributed by atoms with E-state index in [9.17, 15) is 9.59 Å². The van der Waals surface area contributed by atoms with Crippen molar-refractivity contribution in [1.82, 2.24) is 9.80 Å². The van der Waals surface area contributed by atoms with Crippen LogP contribution in [0.4, 0.5) is 5.69 Å². The van der Waals surface area contributed by atoms with Crippen LogP contribution in [-0.4, -0.2) is 67.6 Å². The molecule has 1 aromatic rings. The lowest BCUT2D eigenvalue weighted by Gasteiger charge is -2.31. The zero-order valence-corrected chi connectivity index (χ0v) is 14.2. The highest BCUT2D eigenvalue weighted by atomic mass is 16.5. The van der Waals surface area contributed by atoms with Crippen molar-refractivity contribution >= 4 is 17.5 Å². The molecular formula is C18H25N3O3. The van der Waals surface area contributed by atoms with Gasteiger partial charge in [0.05, 0.1) is 19.3 Å². The SMILES string of the molecule is CN1CCCCC1C(=O)Nc1cccc(C(=O)N2CCOCC2)c1. The van der Waals surface area contributed by atoms with E-state index in [4.69, 9.17) is 4.74 Å². The van der Waals surface area contributed by atoms with Crippen molar-refractivity contribution in [1.29, 1.82) is 0 Å². The number of piperidine rings is 1. The van der Waals surface area contributed by atoms with Gasteiger partial charge in [-0.05, 0) is 44.6 Å². The molecule has 2 saturated heterocycles. The van der Waals surface area contributed by atoms with Crippen LogP contribution in [-0.2, 0) is 9.53 Å². The molecule has 0 aromatic heterocycles. The van der Waals surface area contributed by atoms with Crippen LogP contribution < -0.4 is 5.32 Å². The van der Waals surface area contributed by atoms with E-state index in [1.165, 1.54) is 0 Å². The Hall–Kier alpha value is -1.92. The van der Waals surface area contributed by atoms with Gasteiger partial charge in [-0.2, -0.15) is 0 Å². The lowest BCUT2D eigenvalue weighted by molar-refractivity contribution is -0.121. The Morgan fingerprint density at radius 1 is 1.17 bits per heavy atom. The summed E-state index contributed by atoms with van der Waals surface area (Å²) in [6.45, 7) is 3.34. The number of benzene rings is 1. The normalized spacial score (nSPS) is 22.2. The third-order valence-corrected chi connectivity index (χ3v) is 4.75. The smallest absolute Gasteiger partial charge is 0.254 e. The number of likely N-dealkylation sites (tertiary alicyclic amines) is 1. The summed E-state index contributed by atoms with van der Waals surface area (Å²) in [6.07, 6.45) is 3.11. The van der Waals surface area contributed by atoms with E-state index in [0.29, 0.717) is 37.6 Å². The average Bonchev–Trinajstić information content (AvgIpc) is 2.62. The highest BCUT2D eigenvalue weighted by Gasteiger charge is 2.26. The summed E-state index contributed by atoms with van der Waals surface area (Å²) in [5.41, 5.74) is 1.28. The summed E-state index contributed by atoms with van der Waals surface area (Å²) in [5.74, 6) is -0.00245. The van der Waals surface area contributed by atoms with Crippen molar-refractivity contribution in [2.75, 3.05) is 45.2 Å². The minimum Gasteiger partial charge on any atom is -0.378 e. The number of morpholine rings is 1. The maximum absolute atomic E-state index is 12.5. The quantitative estimate of drug-likeness (QED) is 0.913. The van der Waals surface area contributed by atoms with E-state index in [1.54, 1.807) is 17.0 Å². The second-order valence-electron chi connectivity index (χ2n) is 6.47. The summed E-state index contributed by atoms with van der Waals surface area (Å²) in [4.78, 5) is 28.9. The molecule has 1 atom stereocenters. The van der Waals surface area contributed by atoms with Crippen molar-refractivity contribution in [2.24, 2.45) is 0 Å². The monoisotopic (exact) mass is 331 g/mol. The summed E-state index contributed by atoms with van der Waals surface area (Å²) >= 11 is 0. The molecule has 130 valence electrons. The van der Waals surface area contributed by atoms with Crippen molar-refractivity contribution in [3.05, 3.63) is 29.8 Å². The van der Waals surface area contributed by atoms with Gasteiger partial charge < -0.3 is 15.0 Å². The first-order chi connectivity index (χ1) is 11.6. The predicted octanol–water partition coefficient (Wildman–Crippen LogP) is 1.58. The zero-order valence-electron chi connectivity index (χ0n) is 14.2. The molecule has 2 amide bonds. The molecule has 1 N–H and O–H groups in total.